The van der Waals surface area contributed by atoms with Crippen molar-refractivity contribution in [2.24, 2.45) is 0 Å². The number of nitrogens with one attached hydrogen (secondary N) is 2. The Kier molecular flexibility index (Phi) is 4.33. The summed E-state index contributed by atoms with van der Waals surface area (Å²) in [5.41, 5.74) is 1.83. The van der Waals surface area contributed by atoms with Crippen molar-refractivity contribution >= 4 is 11.5 Å². The van der Waals surface area contributed by atoms with E-state index < -0.39 is 0 Å². The first kappa shape index (κ1) is 13.1. The van der Waals surface area contributed by atoms with Crippen molar-refractivity contribution in [1.29, 1.82) is 0 Å². The van der Waals surface area contributed by atoms with Gasteiger partial charge in [0.25, 0.3) is 0 Å². The third-order valence-electron chi connectivity index (χ3n) is 3.48. The Morgan fingerprint density at radius 1 is 1.44 bits per heavy atom. The molecule has 0 saturated carbocycles. The summed E-state index contributed by atoms with van der Waals surface area (Å²) in [6, 6.07) is 8.19. The lowest BCUT2D eigenvalue weighted by Crippen LogP contribution is -2.52. The normalized spacial score (nSPS) is 20.7. The van der Waals surface area contributed by atoms with Gasteiger partial charge in [0.1, 0.15) is 0 Å². The van der Waals surface area contributed by atoms with Crippen molar-refractivity contribution in [3.63, 3.8) is 0 Å². The molecule has 2 rings (SSSR count). The molecule has 0 radical (unpaired) electrons. The lowest BCUT2D eigenvalue weighted by Gasteiger charge is -2.33. The maximum atomic E-state index is 11.2. The van der Waals surface area contributed by atoms with Crippen LogP contribution in [0.1, 0.15) is 17.3 Å². The fourth-order valence-corrected chi connectivity index (χ4v) is 2.15. The van der Waals surface area contributed by atoms with E-state index in [0.717, 1.165) is 37.4 Å². The van der Waals surface area contributed by atoms with Gasteiger partial charge in [-0.3, -0.25) is 9.69 Å². The molecule has 98 valence electrons. The van der Waals surface area contributed by atoms with Crippen LogP contribution in [-0.4, -0.2) is 50.0 Å². The van der Waals surface area contributed by atoms with Crippen LogP contribution in [0, 0.1) is 0 Å². The average molecular weight is 247 g/mol. The van der Waals surface area contributed by atoms with Crippen molar-refractivity contribution in [3.05, 3.63) is 29.8 Å². The number of piperazine rings is 1. The summed E-state index contributed by atoms with van der Waals surface area (Å²) in [5, 5.41) is 6.82. The second-order valence-corrected chi connectivity index (χ2v) is 4.85. The van der Waals surface area contributed by atoms with Crippen molar-refractivity contribution in [1.82, 2.24) is 10.2 Å². The zero-order chi connectivity index (χ0) is 13.0. The molecule has 4 nitrogen and oxygen atoms in total. The van der Waals surface area contributed by atoms with E-state index >= 15 is 0 Å². The van der Waals surface area contributed by atoms with Crippen LogP contribution in [0.25, 0.3) is 0 Å². The van der Waals surface area contributed by atoms with E-state index in [4.69, 9.17) is 0 Å². The summed E-state index contributed by atoms with van der Waals surface area (Å²) in [6.45, 7) is 5.69. The molecule has 1 aliphatic heterocycles. The molecule has 2 N–H and O–H groups in total. The topological polar surface area (TPSA) is 44.4 Å². The molecular formula is C14H21N3O. The monoisotopic (exact) mass is 247 g/mol. The van der Waals surface area contributed by atoms with Crippen molar-refractivity contribution < 1.29 is 4.79 Å². The summed E-state index contributed by atoms with van der Waals surface area (Å²) in [6.07, 6.45) is 0. The molecule has 0 bridgehead atoms. The Hall–Kier alpha value is -1.39. The van der Waals surface area contributed by atoms with Gasteiger partial charge in [0.2, 0.25) is 0 Å². The van der Waals surface area contributed by atoms with E-state index in [2.05, 4.69) is 22.6 Å². The van der Waals surface area contributed by atoms with E-state index in [9.17, 15) is 4.79 Å². The third kappa shape index (κ3) is 3.31. The average Bonchev–Trinajstić information content (AvgIpc) is 2.38. The second-order valence-electron chi connectivity index (χ2n) is 4.85. The minimum Gasteiger partial charge on any atom is -0.383 e. The number of rotatable bonds is 4. The molecule has 0 aliphatic carbocycles. The number of carbonyl (C=O) groups is 1. The number of Topliss-reactive ketones (excluding diaryl/α,β-unsaturated/α-hetero) is 1. The van der Waals surface area contributed by atoms with Gasteiger partial charge in [-0.25, -0.2) is 0 Å². The summed E-state index contributed by atoms with van der Waals surface area (Å²) < 4.78 is 0. The van der Waals surface area contributed by atoms with Gasteiger partial charge >= 0.3 is 0 Å². The highest BCUT2D eigenvalue weighted by atomic mass is 16.1. The molecule has 1 aromatic carbocycles. The van der Waals surface area contributed by atoms with Crippen LogP contribution >= 0.6 is 0 Å². The molecule has 1 aliphatic rings. The number of hydrogen-bond acceptors (Lipinski definition) is 4. The first-order chi connectivity index (χ1) is 8.66. The molecule has 0 aromatic heterocycles. The SMILES string of the molecule is CC(=O)c1ccc(NCC2CNCCN2C)cc1. The number of benzene rings is 1. The highest BCUT2D eigenvalue weighted by Crippen LogP contribution is 2.11. The van der Waals surface area contributed by atoms with Gasteiger partial charge in [-0.2, -0.15) is 0 Å². The predicted molar refractivity (Wildman–Crippen MR) is 74.2 cm³/mol. The number of anilines is 1. The van der Waals surface area contributed by atoms with Crippen LogP contribution in [-0.2, 0) is 0 Å². The lowest BCUT2D eigenvalue weighted by atomic mass is 10.1. The van der Waals surface area contributed by atoms with E-state index in [0.29, 0.717) is 6.04 Å². The molecule has 0 spiro atoms. The molecule has 1 saturated heterocycles. The van der Waals surface area contributed by atoms with Crippen LogP contribution in [0.2, 0.25) is 0 Å². The van der Waals surface area contributed by atoms with E-state index in [1.807, 2.05) is 24.3 Å². The molecular weight excluding hydrogens is 226 g/mol. The Labute approximate surface area is 108 Å². The van der Waals surface area contributed by atoms with Gasteiger partial charge < -0.3 is 10.6 Å². The van der Waals surface area contributed by atoms with Gasteiger partial charge in [-0.1, -0.05) is 0 Å². The second kappa shape index (κ2) is 5.98. The van der Waals surface area contributed by atoms with Crippen LogP contribution in [0.15, 0.2) is 24.3 Å². The highest BCUT2D eigenvalue weighted by Gasteiger charge is 2.17. The van der Waals surface area contributed by atoms with Gasteiger partial charge in [-0.05, 0) is 38.2 Å². The molecule has 0 amide bonds. The predicted octanol–water partition coefficient (Wildman–Crippen LogP) is 1.20. The molecule has 1 fully saturated rings. The number of nitrogens with zero attached hydrogens (tertiary/aromatic N) is 1. The highest BCUT2D eigenvalue weighted by molar-refractivity contribution is 5.94. The minimum absolute atomic E-state index is 0.109. The third-order valence-corrected chi connectivity index (χ3v) is 3.48. The maximum absolute atomic E-state index is 11.2. The largest absolute Gasteiger partial charge is 0.383 e. The summed E-state index contributed by atoms with van der Waals surface area (Å²) in [7, 11) is 2.16. The van der Waals surface area contributed by atoms with Crippen LogP contribution < -0.4 is 10.6 Å². The smallest absolute Gasteiger partial charge is 0.159 e. The van der Waals surface area contributed by atoms with E-state index in [-0.39, 0.29) is 5.78 Å². The summed E-state index contributed by atoms with van der Waals surface area (Å²) >= 11 is 0. The summed E-state index contributed by atoms with van der Waals surface area (Å²) in [4.78, 5) is 13.5. The molecule has 1 heterocycles. The Balaban J connectivity index is 1.87. The number of ketones is 1. The minimum atomic E-state index is 0.109. The molecule has 1 atom stereocenters. The van der Waals surface area contributed by atoms with Gasteiger partial charge in [-0.15, -0.1) is 0 Å². The molecule has 1 aromatic rings. The Morgan fingerprint density at radius 3 is 2.78 bits per heavy atom. The van der Waals surface area contributed by atoms with Crippen molar-refractivity contribution in [3.8, 4) is 0 Å². The van der Waals surface area contributed by atoms with E-state index in [1.54, 1.807) is 6.92 Å². The lowest BCUT2D eigenvalue weighted by molar-refractivity contribution is 0.101. The fraction of sp³-hybridized carbons (Fsp3) is 0.500. The van der Waals surface area contributed by atoms with E-state index in [1.165, 1.54) is 0 Å². The van der Waals surface area contributed by atoms with Crippen LogP contribution in [0.4, 0.5) is 5.69 Å². The number of likely N-dealkylation sites (N-methyl/N-ethyl adjacent to an activating group) is 1. The zero-order valence-electron chi connectivity index (χ0n) is 11.1. The number of carbonyl (C=O) groups excluding carboxylic acids is 1. The fourth-order valence-electron chi connectivity index (χ4n) is 2.15. The van der Waals surface area contributed by atoms with Gasteiger partial charge in [0.15, 0.2) is 5.78 Å². The maximum Gasteiger partial charge on any atom is 0.159 e. The molecule has 1 unspecified atom stereocenters. The molecule has 18 heavy (non-hydrogen) atoms. The van der Waals surface area contributed by atoms with Crippen molar-refractivity contribution in [2.75, 3.05) is 38.5 Å². The van der Waals surface area contributed by atoms with Gasteiger partial charge in [0.05, 0.1) is 0 Å². The summed E-state index contributed by atoms with van der Waals surface area (Å²) in [5.74, 6) is 0.109. The number of hydrogen-bond donors (Lipinski definition) is 2. The Morgan fingerprint density at radius 2 is 2.17 bits per heavy atom. The molecule has 4 heteroatoms. The van der Waals surface area contributed by atoms with Gasteiger partial charge in [0, 0.05) is 43.5 Å². The quantitative estimate of drug-likeness (QED) is 0.785. The van der Waals surface area contributed by atoms with Crippen molar-refractivity contribution in [2.45, 2.75) is 13.0 Å². The first-order valence-electron chi connectivity index (χ1n) is 6.42. The zero-order valence-corrected chi connectivity index (χ0v) is 11.1. The first-order valence-corrected chi connectivity index (χ1v) is 6.42. The van der Waals surface area contributed by atoms with Crippen LogP contribution in [0.3, 0.4) is 0 Å². The standard InChI is InChI=1S/C14H21N3O/c1-11(18)12-3-5-13(6-4-12)16-10-14-9-15-7-8-17(14)2/h3-6,14-16H,7-10H2,1-2H3. The Bertz CT molecular complexity index is 402. The van der Waals surface area contributed by atoms with Crippen LogP contribution in [0.5, 0.6) is 0 Å².